The maximum atomic E-state index is 14.9. The summed E-state index contributed by atoms with van der Waals surface area (Å²) in [6.07, 6.45) is -0.0204. The van der Waals surface area contributed by atoms with Gasteiger partial charge in [0.25, 0.3) is 0 Å². The van der Waals surface area contributed by atoms with Crippen molar-refractivity contribution in [1.29, 1.82) is 0 Å². The Morgan fingerprint density at radius 1 is 0.949 bits per heavy atom. The number of hydrogen-bond donors (Lipinski definition) is 0. The molecule has 0 aliphatic rings. The Balaban J connectivity index is 1.85. The zero-order chi connectivity index (χ0) is 28.9. The van der Waals surface area contributed by atoms with Gasteiger partial charge in [0.1, 0.15) is 23.6 Å². The second-order valence-corrected chi connectivity index (χ2v) is 9.10. The first-order valence-corrected chi connectivity index (χ1v) is 12.1. The van der Waals surface area contributed by atoms with Crippen LogP contribution in [0.4, 0.5) is 13.2 Å². The predicted molar refractivity (Wildman–Crippen MR) is 135 cm³/mol. The van der Waals surface area contributed by atoms with E-state index in [0.29, 0.717) is 11.1 Å². The van der Waals surface area contributed by atoms with Gasteiger partial charge in [-0.15, -0.1) is 0 Å². The van der Waals surface area contributed by atoms with Crippen molar-refractivity contribution in [3.63, 3.8) is 0 Å². The number of carbonyl (C=O) groups excluding carboxylic acids is 3. The van der Waals surface area contributed by atoms with Crippen LogP contribution in [0.5, 0.6) is 11.5 Å². The molecule has 39 heavy (non-hydrogen) atoms. The molecule has 0 amide bonds. The van der Waals surface area contributed by atoms with Gasteiger partial charge < -0.3 is 14.2 Å². The molecule has 0 unspecified atom stereocenters. The van der Waals surface area contributed by atoms with Crippen molar-refractivity contribution < 1.29 is 41.8 Å². The van der Waals surface area contributed by atoms with Crippen LogP contribution in [0.15, 0.2) is 48.7 Å². The molecule has 0 aliphatic carbocycles. The van der Waals surface area contributed by atoms with Gasteiger partial charge in [-0.05, 0) is 48.7 Å². The number of ether oxygens (including phenoxy) is 3. The van der Waals surface area contributed by atoms with E-state index in [2.05, 4.69) is 4.98 Å². The minimum atomic E-state index is -0.981. The SMILES string of the molecule is COc1ccnc(C(=O)C[C@@H](C)C(=O)O[C@@H](C)[C@@H](c2ccc(F)cc2C)c2ccc(F)cc2F)c1OC(C)=O. The summed E-state index contributed by atoms with van der Waals surface area (Å²) in [5, 5.41) is 0. The number of hydrogen-bond acceptors (Lipinski definition) is 7. The average molecular weight is 544 g/mol. The molecule has 206 valence electrons. The van der Waals surface area contributed by atoms with Crippen LogP contribution in [0.3, 0.4) is 0 Å². The normalized spacial score (nSPS) is 13.2. The van der Waals surface area contributed by atoms with Crippen molar-refractivity contribution in [2.24, 2.45) is 5.92 Å². The molecule has 7 nitrogen and oxygen atoms in total. The summed E-state index contributed by atoms with van der Waals surface area (Å²) in [4.78, 5) is 41.6. The quantitative estimate of drug-likeness (QED) is 0.239. The van der Waals surface area contributed by atoms with Crippen molar-refractivity contribution in [3.05, 3.63) is 88.5 Å². The summed E-state index contributed by atoms with van der Waals surface area (Å²) in [7, 11) is 1.33. The third-order valence-electron chi connectivity index (χ3n) is 6.13. The van der Waals surface area contributed by atoms with Gasteiger partial charge in [0.15, 0.2) is 17.2 Å². The lowest BCUT2D eigenvalue weighted by molar-refractivity contribution is -0.153. The summed E-state index contributed by atoms with van der Waals surface area (Å²) in [6.45, 7) is 5.79. The second-order valence-electron chi connectivity index (χ2n) is 9.10. The molecule has 3 atom stereocenters. The molecule has 0 fully saturated rings. The van der Waals surface area contributed by atoms with Gasteiger partial charge in [-0.25, -0.2) is 18.2 Å². The smallest absolute Gasteiger partial charge is 0.309 e. The standard InChI is InChI=1S/C29H28F3NO6/c1-15-12-19(30)6-8-21(15)26(22-9-7-20(31)14-23(22)32)17(3)38-29(36)16(2)13-24(35)27-28(39-18(4)34)25(37-5)10-11-33-27/h6-12,14,16-17,26H,13H2,1-5H3/t16-,17+,26+/m1/s1. The van der Waals surface area contributed by atoms with Crippen molar-refractivity contribution in [1.82, 2.24) is 4.98 Å². The largest absolute Gasteiger partial charge is 0.493 e. The number of ketones is 1. The molecule has 1 aromatic heterocycles. The van der Waals surface area contributed by atoms with Crippen LogP contribution in [-0.2, 0) is 14.3 Å². The Kier molecular flexibility index (Phi) is 9.45. The molecule has 10 heteroatoms. The van der Waals surface area contributed by atoms with E-state index in [4.69, 9.17) is 14.2 Å². The number of esters is 2. The van der Waals surface area contributed by atoms with E-state index >= 15 is 0 Å². The summed E-state index contributed by atoms with van der Waals surface area (Å²) in [5.74, 6) is -6.08. The van der Waals surface area contributed by atoms with Crippen molar-refractivity contribution in [3.8, 4) is 11.5 Å². The molecule has 0 N–H and O–H groups in total. The minimum Gasteiger partial charge on any atom is -0.493 e. The molecule has 0 saturated heterocycles. The zero-order valence-corrected chi connectivity index (χ0v) is 22.1. The lowest BCUT2D eigenvalue weighted by atomic mass is 9.84. The average Bonchev–Trinajstić information content (AvgIpc) is 2.86. The number of Topliss-reactive ketones (excluding diaryl/α,β-unsaturated/α-hetero) is 1. The summed E-state index contributed by atoms with van der Waals surface area (Å²) >= 11 is 0. The number of aryl methyl sites for hydroxylation is 1. The van der Waals surface area contributed by atoms with E-state index in [0.717, 1.165) is 19.1 Å². The number of methoxy groups -OCH3 is 1. The first-order chi connectivity index (χ1) is 18.4. The number of pyridine rings is 1. The van der Waals surface area contributed by atoms with Crippen LogP contribution in [0, 0.1) is 30.3 Å². The predicted octanol–water partition coefficient (Wildman–Crippen LogP) is 5.71. The third-order valence-corrected chi connectivity index (χ3v) is 6.13. The van der Waals surface area contributed by atoms with Crippen LogP contribution in [0.1, 0.15) is 60.3 Å². The van der Waals surface area contributed by atoms with Crippen LogP contribution >= 0.6 is 0 Å². The Morgan fingerprint density at radius 3 is 2.18 bits per heavy atom. The fraction of sp³-hybridized carbons (Fsp3) is 0.310. The van der Waals surface area contributed by atoms with Gasteiger partial charge in [-0.3, -0.25) is 14.4 Å². The maximum Gasteiger partial charge on any atom is 0.309 e. The summed E-state index contributed by atoms with van der Waals surface area (Å²) in [5.41, 5.74) is 0.835. The van der Waals surface area contributed by atoms with E-state index in [1.807, 2.05) is 0 Å². The van der Waals surface area contributed by atoms with Crippen LogP contribution in [0.25, 0.3) is 0 Å². The first-order valence-electron chi connectivity index (χ1n) is 12.1. The molecular formula is C29H28F3NO6. The number of halogens is 3. The number of rotatable bonds is 10. The fourth-order valence-corrected chi connectivity index (χ4v) is 4.27. The van der Waals surface area contributed by atoms with Gasteiger partial charge in [0.2, 0.25) is 5.75 Å². The van der Waals surface area contributed by atoms with Gasteiger partial charge in [-0.1, -0.05) is 19.1 Å². The number of benzene rings is 2. The van der Waals surface area contributed by atoms with Gasteiger partial charge in [0, 0.05) is 37.6 Å². The molecule has 0 spiro atoms. The molecule has 0 radical (unpaired) electrons. The second kappa shape index (κ2) is 12.6. The van der Waals surface area contributed by atoms with Crippen molar-refractivity contribution in [2.75, 3.05) is 7.11 Å². The van der Waals surface area contributed by atoms with E-state index in [1.165, 1.54) is 57.5 Å². The van der Waals surface area contributed by atoms with E-state index in [9.17, 15) is 27.6 Å². The monoisotopic (exact) mass is 543 g/mol. The van der Waals surface area contributed by atoms with Crippen LogP contribution < -0.4 is 9.47 Å². The Labute approximate surface area is 223 Å². The van der Waals surface area contributed by atoms with E-state index in [1.54, 1.807) is 6.92 Å². The number of nitrogens with zero attached hydrogens (tertiary/aromatic N) is 1. The molecule has 0 bridgehead atoms. The molecule has 3 rings (SSSR count). The maximum absolute atomic E-state index is 14.9. The lowest BCUT2D eigenvalue weighted by Crippen LogP contribution is -2.29. The van der Waals surface area contributed by atoms with Gasteiger partial charge in [0.05, 0.1) is 13.0 Å². The highest BCUT2D eigenvalue weighted by atomic mass is 19.1. The Morgan fingerprint density at radius 2 is 1.59 bits per heavy atom. The van der Waals surface area contributed by atoms with Gasteiger partial charge in [-0.2, -0.15) is 0 Å². The highest BCUT2D eigenvalue weighted by molar-refractivity contribution is 5.99. The Hall–Kier alpha value is -4.21. The third kappa shape index (κ3) is 7.01. The summed E-state index contributed by atoms with van der Waals surface area (Å²) < 4.78 is 58.2. The molecule has 3 aromatic rings. The molecule has 0 saturated carbocycles. The Bertz CT molecular complexity index is 1340. The van der Waals surface area contributed by atoms with Crippen molar-refractivity contribution in [2.45, 2.75) is 46.1 Å². The summed E-state index contributed by atoms with van der Waals surface area (Å²) in [6, 6.07) is 8.40. The number of carbonyl (C=O) groups is 3. The molecule has 0 aliphatic heterocycles. The van der Waals surface area contributed by atoms with E-state index in [-0.39, 0.29) is 29.2 Å². The van der Waals surface area contributed by atoms with E-state index < -0.39 is 53.1 Å². The fourth-order valence-electron chi connectivity index (χ4n) is 4.27. The van der Waals surface area contributed by atoms with Crippen LogP contribution in [0.2, 0.25) is 0 Å². The molecule has 1 heterocycles. The minimum absolute atomic E-state index is 0.0572. The zero-order valence-electron chi connectivity index (χ0n) is 22.1. The molecular weight excluding hydrogens is 515 g/mol. The highest BCUT2D eigenvalue weighted by Crippen LogP contribution is 2.35. The lowest BCUT2D eigenvalue weighted by Gasteiger charge is -2.28. The molecule has 2 aromatic carbocycles. The van der Waals surface area contributed by atoms with Crippen LogP contribution in [-0.4, -0.2) is 35.9 Å². The topological polar surface area (TPSA) is 91.8 Å². The van der Waals surface area contributed by atoms with Gasteiger partial charge >= 0.3 is 11.9 Å². The first kappa shape index (κ1) is 29.3. The van der Waals surface area contributed by atoms with Crippen molar-refractivity contribution >= 4 is 17.7 Å². The highest BCUT2D eigenvalue weighted by Gasteiger charge is 2.31. The number of aromatic nitrogens is 1.